The Morgan fingerprint density at radius 3 is 2.86 bits per heavy atom. The molecule has 0 spiro atoms. The van der Waals surface area contributed by atoms with E-state index in [9.17, 15) is 14.7 Å². The monoisotopic (exact) mass is 303 g/mol. The first kappa shape index (κ1) is 16.1. The van der Waals surface area contributed by atoms with Gasteiger partial charge in [-0.15, -0.1) is 0 Å². The molecule has 1 aliphatic carbocycles. The smallest absolute Gasteiger partial charge is 0.338 e. The summed E-state index contributed by atoms with van der Waals surface area (Å²) in [4.78, 5) is 23.3. The van der Waals surface area contributed by atoms with E-state index in [1.54, 1.807) is 6.07 Å². The molecule has 2 N–H and O–H groups in total. The zero-order chi connectivity index (χ0) is 15.8. The van der Waals surface area contributed by atoms with Crippen molar-refractivity contribution in [2.24, 2.45) is 0 Å². The van der Waals surface area contributed by atoms with Crippen LogP contribution in [0, 0.1) is 0 Å². The lowest BCUT2D eigenvalue weighted by molar-refractivity contribution is -0.124. The molecule has 5 nitrogen and oxygen atoms in total. The van der Waals surface area contributed by atoms with Crippen molar-refractivity contribution >= 4 is 11.9 Å². The molecule has 118 valence electrons. The molecule has 1 aromatic carbocycles. The quantitative estimate of drug-likeness (QED) is 0.625. The highest BCUT2D eigenvalue weighted by Crippen LogP contribution is 2.19. The topological polar surface area (TPSA) is 75.6 Å². The third kappa shape index (κ3) is 5.24. The number of allylic oxidation sites excluding steroid dienone is 1. The van der Waals surface area contributed by atoms with Crippen molar-refractivity contribution in [3.05, 3.63) is 41.5 Å². The lowest BCUT2D eigenvalue weighted by atomic mass is 9.97. The molecule has 0 radical (unpaired) electrons. The Morgan fingerprint density at radius 1 is 1.27 bits per heavy atom. The molecular weight excluding hydrogens is 282 g/mol. The number of carbonyl (C=O) groups excluding carboxylic acids is 2. The number of amides is 1. The van der Waals surface area contributed by atoms with Crippen LogP contribution in [-0.2, 0) is 9.53 Å². The third-order valence-electron chi connectivity index (χ3n) is 3.57. The lowest BCUT2D eigenvalue weighted by Gasteiger charge is -2.13. The molecular formula is C17H21NO4. The Kier molecular flexibility index (Phi) is 6.01. The Hall–Kier alpha value is -2.30. The minimum absolute atomic E-state index is 0.0142. The van der Waals surface area contributed by atoms with Crippen molar-refractivity contribution < 1.29 is 19.4 Å². The standard InChI is InChI=1S/C17H21NO4/c19-15-8-4-7-14(11-15)17(21)22-12-16(20)18-10-9-13-5-2-1-3-6-13/h4-5,7-8,11,19H,1-3,6,9-10,12H2,(H,18,20). The van der Waals surface area contributed by atoms with Gasteiger partial charge in [0.1, 0.15) is 5.75 Å². The van der Waals surface area contributed by atoms with Crippen molar-refractivity contribution in [3.63, 3.8) is 0 Å². The van der Waals surface area contributed by atoms with E-state index in [0.717, 1.165) is 19.3 Å². The summed E-state index contributed by atoms with van der Waals surface area (Å²) in [6.45, 7) is 0.252. The number of phenols is 1. The van der Waals surface area contributed by atoms with Crippen molar-refractivity contribution in [3.8, 4) is 5.75 Å². The van der Waals surface area contributed by atoms with E-state index in [2.05, 4.69) is 11.4 Å². The van der Waals surface area contributed by atoms with E-state index in [1.165, 1.54) is 36.6 Å². The molecule has 0 bridgehead atoms. The first-order valence-corrected chi connectivity index (χ1v) is 7.56. The highest BCUT2D eigenvalue weighted by atomic mass is 16.5. The molecule has 0 saturated heterocycles. The summed E-state index contributed by atoms with van der Waals surface area (Å²) < 4.78 is 4.91. The van der Waals surface area contributed by atoms with Gasteiger partial charge in [0.2, 0.25) is 0 Å². The zero-order valence-corrected chi connectivity index (χ0v) is 12.5. The highest BCUT2D eigenvalue weighted by molar-refractivity contribution is 5.91. The molecule has 1 aromatic rings. The van der Waals surface area contributed by atoms with E-state index >= 15 is 0 Å². The Balaban J connectivity index is 1.67. The van der Waals surface area contributed by atoms with Gasteiger partial charge in [-0.3, -0.25) is 4.79 Å². The van der Waals surface area contributed by atoms with Gasteiger partial charge in [0.05, 0.1) is 5.56 Å². The van der Waals surface area contributed by atoms with Crippen LogP contribution in [0.1, 0.15) is 42.5 Å². The van der Waals surface area contributed by atoms with Gasteiger partial charge in [-0.1, -0.05) is 17.7 Å². The van der Waals surface area contributed by atoms with Crippen LogP contribution in [0.3, 0.4) is 0 Å². The molecule has 0 atom stereocenters. The fourth-order valence-corrected chi connectivity index (χ4v) is 2.39. The highest BCUT2D eigenvalue weighted by Gasteiger charge is 2.11. The first-order chi connectivity index (χ1) is 10.6. The summed E-state index contributed by atoms with van der Waals surface area (Å²) in [6, 6.07) is 5.83. The van der Waals surface area contributed by atoms with Gasteiger partial charge in [0.15, 0.2) is 6.61 Å². The van der Waals surface area contributed by atoms with Gasteiger partial charge in [-0.05, 0) is 50.3 Å². The minimum atomic E-state index is -0.624. The van der Waals surface area contributed by atoms with Crippen molar-refractivity contribution in [2.45, 2.75) is 32.1 Å². The predicted octanol–water partition coefficient (Wildman–Crippen LogP) is 2.56. The molecule has 1 amide bonds. The molecule has 5 heteroatoms. The predicted molar refractivity (Wildman–Crippen MR) is 82.6 cm³/mol. The van der Waals surface area contributed by atoms with Gasteiger partial charge in [-0.25, -0.2) is 4.79 Å². The van der Waals surface area contributed by atoms with Crippen molar-refractivity contribution in [1.82, 2.24) is 5.32 Å². The zero-order valence-electron chi connectivity index (χ0n) is 12.5. The Labute approximate surface area is 130 Å². The van der Waals surface area contributed by atoms with Gasteiger partial charge < -0.3 is 15.2 Å². The third-order valence-corrected chi connectivity index (χ3v) is 3.57. The molecule has 0 aliphatic heterocycles. The molecule has 0 heterocycles. The summed E-state index contributed by atoms with van der Waals surface area (Å²) in [6.07, 6.45) is 7.82. The number of hydrogen-bond acceptors (Lipinski definition) is 4. The van der Waals surface area contributed by atoms with E-state index in [4.69, 9.17) is 4.74 Å². The van der Waals surface area contributed by atoms with Gasteiger partial charge in [0.25, 0.3) is 5.91 Å². The second-order valence-corrected chi connectivity index (χ2v) is 5.33. The van der Waals surface area contributed by atoms with Crippen LogP contribution in [0.25, 0.3) is 0 Å². The summed E-state index contributed by atoms with van der Waals surface area (Å²) in [5, 5.41) is 12.0. The maximum atomic E-state index is 11.7. The van der Waals surface area contributed by atoms with Gasteiger partial charge >= 0.3 is 5.97 Å². The number of hydrogen-bond donors (Lipinski definition) is 2. The van der Waals surface area contributed by atoms with E-state index in [1.807, 2.05) is 0 Å². The first-order valence-electron chi connectivity index (χ1n) is 7.56. The minimum Gasteiger partial charge on any atom is -0.508 e. The van der Waals surface area contributed by atoms with Gasteiger partial charge in [0, 0.05) is 6.54 Å². The van der Waals surface area contributed by atoms with E-state index < -0.39 is 5.97 Å². The van der Waals surface area contributed by atoms with E-state index in [-0.39, 0.29) is 23.8 Å². The molecule has 0 aromatic heterocycles. The summed E-state index contributed by atoms with van der Waals surface area (Å²) in [5.74, 6) is -0.953. The number of carbonyl (C=O) groups is 2. The fraction of sp³-hybridized carbons (Fsp3) is 0.412. The molecule has 0 unspecified atom stereocenters. The molecule has 22 heavy (non-hydrogen) atoms. The number of esters is 1. The normalized spacial score (nSPS) is 14.1. The maximum Gasteiger partial charge on any atom is 0.338 e. The molecule has 0 saturated carbocycles. The number of ether oxygens (including phenoxy) is 1. The van der Waals surface area contributed by atoms with Crippen molar-refractivity contribution in [1.29, 1.82) is 0 Å². The number of aromatic hydroxyl groups is 1. The summed E-state index contributed by atoms with van der Waals surface area (Å²) >= 11 is 0. The SMILES string of the molecule is O=C(COC(=O)c1cccc(O)c1)NCCC1=CCCCC1. The average molecular weight is 303 g/mol. The van der Waals surface area contributed by atoms with E-state index in [0.29, 0.717) is 6.54 Å². The largest absolute Gasteiger partial charge is 0.508 e. The van der Waals surface area contributed by atoms with Crippen LogP contribution in [0.2, 0.25) is 0 Å². The second-order valence-electron chi connectivity index (χ2n) is 5.33. The summed E-state index contributed by atoms with van der Waals surface area (Å²) in [7, 11) is 0. The molecule has 2 rings (SSSR count). The number of benzene rings is 1. The number of phenolic OH excluding ortho intramolecular Hbond substituents is 1. The second kappa shape index (κ2) is 8.22. The Morgan fingerprint density at radius 2 is 2.14 bits per heavy atom. The van der Waals surface area contributed by atoms with Crippen LogP contribution in [-0.4, -0.2) is 30.1 Å². The average Bonchev–Trinajstić information content (AvgIpc) is 2.53. The Bertz CT molecular complexity index is 566. The fourth-order valence-electron chi connectivity index (χ4n) is 2.39. The lowest BCUT2D eigenvalue weighted by Crippen LogP contribution is -2.29. The van der Waals surface area contributed by atoms with Crippen LogP contribution in [0.15, 0.2) is 35.9 Å². The maximum absolute atomic E-state index is 11.7. The number of nitrogens with one attached hydrogen (secondary N) is 1. The van der Waals surface area contributed by atoms with Crippen LogP contribution >= 0.6 is 0 Å². The van der Waals surface area contributed by atoms with Crippen LogP contribution < -0.4 is 5.32 Å². The molecule has 1 aliphatic rings. The van der Waals surface area contributed by atoms with Crippen LogP contribution in [0.5, 0.6) is 5.75 Å². The molecule has 0 fully saturated rings. The van der Waals surface area contributed by atoms with Gasteiger partial charge in [-0.2, -0.15) is 0 Å². The van der Waals surface area contributed by atoms with Crippen LogP contribution in [0.4, 0.5) is 0 Å². The van der Waals surface area contributed by atoms with Crippen molar-refractivity contribution in [2.75, 3.05) is 13.2 Å². The number of rotatable bonds is 6. The summed E-state index contributed by atoms with van der Waals surface area (Å²) in [5.41, 5.74) is 1.61.